The first-order valence-electron chi connectivity index (χ1n) is 5.18. The molecule has 0 saturated heterocycles. The lowest BCUT2D eigenvalue weighted by atomic mass is 10.4. The van der Waals surface area contributed by atoms with Crippen LogP contribution >= 0.6 is 24.4 Å². The lowest BCUT2D eigenvalue weighted by Crippen LogP contribution is -2.17. The molecule has 1 aromatic heterocycles. The van der Waals surface area contributed by atoms with Crippen LogP contribution in [0.4, 0.5) is 0 Å². The molecule has 0 fully saturated rings. The second kappa shape index (κ2) is 7.00. The minimum absolute atomic E-state index is 0.103. The Balaban J connectivity index is 2.49. The summed E-state index contributed by atoms with van der Waals surface area (Å²) in [5.74, 6) is 1.91. The number of H-pyrrole nitrogens is 1. The van der Waals surface area contributed by atoms with Gasteiger partial charge in [0.05, 0.1) is 0 Å². The van der Waals surface area contributed by atoms with Crippen molar-refractivity contribution in [1.29, 1.82) is 0 Å². The summed E-state index contributed by atoms with van der Waals surface area (Å²) in [6.07, 6.45) is 3.17. The topological polar surface area (TPSA) is 50.7 Å². The smallest absolute Gasteiger partial charge is 0.270 e. The summed E-state index contributed by atoms with van der Waals surface area (Å²) in [6, 6.07) is 0. The highest BCUT2D eigenvalue weighted by Crippen LogP contribution is 2.15. The highest BCUT2D eigenvalue weighted by molar-refractivity contribution is 7.99. The summed E-state index contributed by atoms with van der Waals surface area (Å²) in [5, 5.41) is 7.29. The van der Waals surface area contributed by atoms with Crippen molar-refractivity contribution in [1.82, 2.24) is 14.8 Å². The van der Waals surface area contributed by atoms with Crippen LogP contribution in [0.3, 0.4) is 0 Å². The molecule has 0 aliphatic heterocycles. The van der Waals surface area contributed by atoms with E-state index >= 15 is 0 Å². The van der Waals surface area contributed by atoms with Crippen LogP contribution in [0.2, 0.25) is 0 Å². The van der Waals surface area contributed by atoms with Crippen molar-refractivity contribution >= 4 is 24.4 Å². The van der Waals surface area contributed by atoms with Gasteiger partial charge in [-0.1, -0.05) is 18.7 Å². The van der Waals surface area contributed by atoms with Gasteiger partial charge in [-0.15, -0.1) is 5.10 Å². The number of nitrogens with one attached hydrogen (secondary N) is 1. The second-order valence-electron chi connectivity index (χ2n) is 3.24. The normalized spacial score (nSPS) is 10.8. The first kappa shape index (κ1) is 12.7. The maximum absolute atomic E-state index is 11.3. The van der Waals surface area contributed by atoms with Gasteiger partial charge in [-0.2, -0.15) is 12.6 Å². The molecular weight excluding hydrogens is 230 g/mol. The molecule has 0 atom stereocenters. The van der Waals surface area contributed by atoms with E-state index in [1.807, 2.05) is 0 Å². The van der Waals surface area contributed by atoms with Gasteiger partial charge in [0.15, 0.2) is 5.16 Å². The van der Waals surface area contributed by atoms with Crippen LogP contribution < -0.4 is 5.69 Å². The van der Waals surface area contributed by atoms with Crippen LogP contribution in [0, 0.1) is 0 Å². The molecule has 0 spiro atoms. The van der Waals surface area contributed by atoms with Gasteiger partial charge in [-0.3, -0.25) is 4.57 Å². The molecule has 0 unspecified atom stereocenters. The van der Waals surface area contributed by atoms with Crippen molar-refractivity contribution in [2.24, 2.45) is 0 Å². The Morgan fingerprint density at radius 3 is 3.00 bits per heavy atom. The number of thiol groups is 1. The van der Waals surface area contributed by atoms with E-state index < -0.39 is 0 Å². The lowest BCUT2D eigenvalue weighted by molar-refractivity contribution is 0.603. The number of aromatic nitrogens is 3. The molecule has 0 bridgehead atoms. The van der Waals surface area contributed by atoms with E-state index in [0.717, 1.165) is 42.5 Å². The number of rotatable bonds is 7. The van der Waals surface area contributed by atoms with E-state index in [1.54, 1.807) is 16.3 Å². The number of hydrogen-bond acceptors (Lipinski definition) is 4. The predicted molar refractivity (Wildman–Crippen MR) is 66.9 cm³/mol. The minimum Gasteiger partial charge on any atom is -0.270 e. The number of thioether (sulfide) groups is 1. The zero-order valence-electron chi connectivity index (χ0n) is 8.90. The fourth-order valence-electron chi connectivity index (χ4n) is 1.21. The van der Waals surface area contributed by atoms with Gasteiger partial charge in [0.2, 0.25) is 0 Å². The molecule has 0 aliphatic carbocycles. The Hall–Kier alpha value is -0.360. The number of unbranched alkanes of at least 4 members (excludes halogenated alkanes) is 1. The minimum atomic E-state index is -0.103. The number of nitrogens with zero attached hydrogens (tertiary/aromatic N) is 2. The summed E-state index contributed by atoms with van der Waals surface area (Å²) in [6.45, 7) is 2.79. The Bertz CT molecular complexity index is 334. The zero-order valence-corrected chi connectivity index (χ0v) is 10.6. The van der Waals surface area contributed by atoms with E-state index in [4.69, 9.17) is 0 Å². The Morgan fingerprint density at radius 2 is 2.33 bits per heavy atom. The third-order valence-electron chi connectivity index (χ3n) is 1.95. The molecule has 0 radical (unpaired) electrons. The first-order chi connectivity index (χ1) is 7.29. The van der Waals surface area contributed by atoms with Gasteiger partial charge >= 0.3 is 5.69 Å². The van der Waals surface area contributed by atoms with E-state index in [2.05, 4.69) is 29.7 Å². The fourth-order valence-corrected chi connectivity index (χ4v) is 2.41. The first-order valence-corrected chi connectivity index (χ1v) is 6.80. The number of aromatic amines is 1. The largest absolute Gasteiger partial charge is 0.343 e. The molecule has 0 aromatic carbocycles. The Labute approximate surface area is 99.3 Å². The van der Waals surface area contributed by atoms with Crippen LogP contribution in [0.5, 0.6) is 0 Å². The molecular formula is C9H17N3OS2. The van der Waals surface area contributed by atoms with E-state index in [-0.39, 0.29) is 5.69 Å². The zero-order chi connectivity index (χ0) is 11.1. The van der Waals surface area contributed by atoms with Crippen molar-refractivity contribution in [3.8, 4) is 0 Å². The van der Waals surface area contributed by atoms with Gasteiger partial charge in [-0.25, -0.2) is 9.89 Å². The summed E-state index contributed by atoms with van der Waals surface area (Å²) < 4.78 is 1.70. The molecule has 4 nitrogen and oxygen atoms in total. The third kappa shape index (κ3) is 3.95. The average molecular weight is 247 g/mol. The summed E-state index contributed by atoms with van der Waals surface area (Å²) in [4.78, 5) is 11.3. The monoisotopic (exact) mass is 247 g/mol. The van der Waals surface area contributed by atoms with Crippen molar-refractivity contribution in [3.63, 3.8) is 0 Å². The van der Waals surface area contributed by atoms with Gasteiger partial charge in [-0.05, 0) is 25.0 Å². The van der Waals surface area contributed by atoms with E-state index in [1.165, 1.54) is 0 Å². The van der Waals surface area contributed by atoms with Crippen molar-refractivity contribution in [2.45, 2.75) is 37.9 Å². The van der Waals surface area contributed by atoms with E-state index in [0.29, 0.717) is 0 Å². The van der Waals surface area contributed by atoms with Gasteiger partial charge in [0.25, 0.3) is 0 Å². The molecule has 0 saturated carbocycles. The quantitative estimate of drug-likeness (QED) is 0.439. The highest BCUT2D eigenvalue weighted by Gasteiger charge is 2.06. The maximum atomic E-state index is 11.3. The predicted octanol–water partition coefficient (Wildman–Crippen LogP) is 1.78. The highest BCUT2D eigenvalue weighted by atomic mass is 32.2. The SMILES string of the molecule is CCCn1c(SCCCCS)n[nH]c1=O. The van der Waals surface area contributed by atoms with Crippen LogP contribution in [0.25, 0.3) is 0 Å². The molecule has 1 heterocycles. The molecule has 86 valence electrons. The Morgan fingerprint density at radius 1 is 1.53 bits per heavy atom. The molecule has 6 heteroatoms. The summed E-state index contributed by atoms with van der Waals surface area (Å²) in [7, 11) is 0. The standard InChI is InChI=1S/C9H17N3OS2/c1-2-5-12-8(13)10-11-9(12)15-7-4-3-6-14/h14H,2-7H2,1H3,(H,10,13). The van der Waals surface area contributed by atoms with Gasteiger partial charge in [0, 0.05) is 12.3 Å². The maximum Gasteiger partial charge on any atom is 0.343 e. The summed E-state index contributed by atoms with van der Waals surface area (Å²) in [5.41, 5.74) is -0.103. The van der Waals surface area contributed by atoms with Crippen LogP contribution in [-0.4, -0.2) is 26.3 Å². The molecule has 15 heavy (non-hydrogen) atoms. The van der Waals surface area contributed by atoms with E-state index in [9.17, 15) is 4.79 Å². The molecule has 0 amide bonds. The molecule has 0 aliphatic rings. The third-order valence-corrected chi connectivity index (χ3v) is 3.33. The number of hydrogen-bond donors (Lipinski definition) is 2. The van der Waals surface area contributed by atoms with Crippen LogP contribution in [0.15, 0.2) is 9.95 Å². The molecule has 1 rings (SSSR count). The van der Waals surface area contributed by atoms with Crippen LogP contribution in [-0.2, 0) is 6.54 Å². The van der Waals surface area contributed by atoms with Crippen molar-refractivity contribution in [3.05, 3.63) is 10.5 Å². The van der Waals surface area contributed by atoms with Gasteiger partial charge in [0.1, 0.15) is 0 Å². The van der Waals surface area contributed by atoms with Crippen LogP contribution in [0.1, 0.15) is 26.2 Å². The molecule has 1 aromatic rings. The van der Waals surface area contributed by atoms with Gasteiger partial charge < -0.3 is 0 Å². The molecule has 1 N–H and O–H groups in total. The summed E-state index contributed by atoms with van der Waals surface area (Å²) >= 11 is 5.79. The lowest BCUT2D eigenvalue weighted by Gasteiger charge is -2.02. The Kier molecular flexibility index (Phi) is 5.93. The average Bonchev–Trinajstić information content (AvgIpc) is 2.57. The van der Waals surface area contributed by atoms with Crippen molar-refractivity contribution in [2.75, 3.05) is 11.5 Å². The second-order valence-corrected chi connectivity index (χ2v) is 4.75. The fraction of sp³-hybridized carbons (Fsp3) is 0.778. The van der Waals surface area contributed by atoms with Crippen molar-refractivity contribution < 1.29 is 0 Å².